The Morgan fingerprint density at radius 2 is 2.00 bits per heavy atom. The van der Waals surface area contributed by atoms with Crippen molar-refractivity contribution in [1.29, 1.82) is 0 Å². The molecule has 0 aromatic carbocycles. The van der Waals surface area contributed by atoms with Crippen LogP contribution in [0.5, 0.6) is 0 Å². The van der Waals surface area contributed by atoms with E-state index in [-0.39, 0.29) is 0 Å². The average molecular weight is 338 g/mol. The van der Waals surface area contributed by atoms with Gasteiger partial charge in [-0.25, -0.2) is 0 Å². The van der Waals surface area contributed by atoms with Gasteiger partial charge in [0.1, 0.15) is 0 Å². The van der Waals surface area contributed by atoms with Crippen molar-refractivity contribution < 1.29 is 0 Å². The van der Waals surface area contributed by atoms with Crippen molar-refractivity contribution in [2.24, 2.45) is 0 Å². The fourth-order valence-electron chi connectivity index (χ4n) is 0.281. The maximum absolute atomic E-state index is 2.52. The second-order valence-electron chi connectivity index (χ2n) is 2.25. The van der Waals surface area contributed by atoms with E-state index in [2.05, 4.69) is 66.0 Å². The summed E-state index contributed by atoms with van der Waals surface area (Å²) in [6.45, 7) is 6.79. The smallest absolute Gasteiger partial charge is 0.0306 e. The first-order valence-corrected chi connectivity index (χ1v) is 5.16. The molecular formula is C6H12I2. The number of hydrogen-bond acceptors (Lipinski definition) is 0. The van der Waals surface area contributed by atoms with Crippen molar-refractivity contribution in [1.82, 2.24) is 0 Å². The molecule has 2 heteroatoms. The Morgan fingerprint density at radius 3 is 2.00 bits per heavy atom. The van der Waals surface area contributed by atoms with Gasteiger partial charge in [0.2, 0.25) is 0 Å². The van der Waals surface area contributed by atoms with Crippen LogP contribution in [0.15, 0.2) is 0 Å². The molecule has 0 aromatic rings. The van der Waals surface area contributed by atoms with Crippen LogP contribution >= 0.6 is 45.2 Å². The van der Waals surface area contributed by atoms with Crippen molar-refractivity contribution in [3.63, 3.8) is 0 Å². The van der Waals surface area contributed by atoms with E-state index in [0.29, 0.717) is 3.42 Å². The molecule has 0 saturated carbocycles. The van der Waals surface area contributed by atoms with Crippen molar-refractivity contribution in [2.75, 3.05) is 0 Å². The Morgan fingerprint density at radius 1 is 1.62 bits per heavy atom. The SMILES string of the molecule is CCC(C)(I)C(C)I. The van der Waals surface area contributed by atoms with E-state index in [1.165, 1.54) is 6.42 Å². The van der Waals surface area contributed by atoms with Gasteiger partial charge in [-0.1, -0.05) is 59.0 Å². The monoisotopic (exact) mass is 338 g/mol. The molecular weight excluding hydrogens is 326 g/mol. The minimum absolute atomic E-state index is 0.498. The van der Waals surface area contributed by atoms with Gasteiger partial charge in [-0.05, 0) is 13.3 Å². The van der Waals surface area contributed by atoms with Crippen molar-refractivity contribution in [2.45, 2.75) is 34.5 Å². The second-order valence-corrected chi connectivity index (χ2v) is 6.58. The Kier molecular flexibility index (Phi) is 4.24. The minimum atomic E-state index is 0.498. The maximum Gasteiger partial charge on any atom is 0.0306 e. The van der Waals surface area contributed by atoms with Crippen LogP contribution in [0, 0.1) is 0 Å². The average Bonchev–Trinajstić information content (AvgIpc) is 1.67. The van der Waals surface area contributed by atoms with Crippen LogP contribution in [-0.2, 0) is 0 Å². The molecule has 0 fully saturated rings. The van der Waals surface area contributed by atoms with E-state index in [9.17, 15) is 0 Å². The molecule has 0 amide bonds. The molecule has 50 valence electrons. The van der Waals surface area contributed by atoms with Crippen molar-refractivity contribution >= 4 is 45.2 Å². The quantitative estimate of drug-likeness (QED) is 0.535. The van der Waals surface area contributed by atoms with E-state index in [0.717, 1.165) is 3.92 Å². The van der Waals surface area contributed by atoms with Gasteiger partial charge < -0.3 is 0 Å². The molecule has 0 aromatic heterocycles. The van der Waals surface area contributed by atoms with Crippen LogP contribution in [0.25, 0.3) is 0 Å². The zero-order valence-electron chi connectivity index (χ0n) is 5.54. The van der Waals surface area contributed by atoms with E-state index in [1.807, 2.05) is 0 Å². The van der Waals surface area contributed by atoms with Crippen LogP contribution in [0.3, 0.4) is 0 Å². The lowest BCUT2D eigenvalue weighted by atomic mass is 10.1. The number of halogens is 2. The Balaban J connectivity index is 3.71. The highest BCUT2D eigenvalue weighted by Gasteiger charge is 2.22. The Bertz CT molecular complexity index is 66.9. The third-order valence-corrected chi connectivity index (χ3v) is 5.78. The lowest BCUT2D eigenvalue weighted by molar-refractivity contribution is 0.660. The fourth-order valence-corrected chi connectivity index (χ4v) is 0.722. The van der Waals surface area contributed by atoms with Crippen LogP contribution in [-0.4, -0.2) is 7.35 Å². The van der Waals surface area contributed by atoms with Crippen LogP contribution in [0.1, 0.15) is 27.2 Å². The molecule has 0 spiro atoms. The molecule has 0 aliphatic carbocycles. The van der Waals surface area contributed by atoms with Gasteiger partial charge in [-0.3, -0.25) is 0 Å². The summed E-state index contributed by atoms with van der Waals surface area (Å²) in [4.78, 5) is 0. The van der Waals surface area contributed by atoms with Gasteiger partial charge in [-0.2, -0.15) is 0 Å². The van der Waals surface area contributed by atoms with E-state index < -0.39 is 0 Å². The second kappa shape index (κ2) is 3.58. The fraction of sp³-hybridized carbons (Fsp3) is 1.00. The van der Waals surface area contributed by atoms with Crippen LogP contribution in [0.4, 0.5) is 0 Å². The third-order valence-electron chi connectivity index (χ3n) is 1.52. The number of hydrogen-bond donors (Lipinski definition) is 0. The first kappa shape index (κ1) is 9.46. The molecule has 8 heavy (non-hydrogen) atoms. The lowest BCUT2D eigenvalue weighted by Gasteiger charge is -2.23. The predicted octanol–water partition coefficient (Wildman–Crippen LogP) is 3.41. The molecule has 0 N–H and O–H groups in total. The minimum Gasteiger partial charge on any atom is -0.0815 e. The van der Waals surface area contributed by atoms with Gasteiger partial charge in [0.15, 0.2) is 0 Å². The molecule has 0 rings (SSSR count). The molecule has 0 radical (unpaired) electrons. The number of alkyl halides is 2. The predicted molar refractivity (Wildman–Crippen MR) is 56.2 cm³/mol. The Labute approximate surface area is 79.1 Å². The van der Waals surface area contributed by atoms with Gasteiger partial charge in [0.05, 0.1) is 0 Å². The normalized spacial score (nSPS) is 22.1. The van der Waals surface area contributed by atoms with Crippen molar-refractivity contribution in [3.8, 4) is 0 Å². The lowest BCUT2D eigenvalue weighted by Crippen LogP contribution is -2.23. The highest BCUT2D eigenvalue weighted by molar-refractivity contribution is 14.1. The summed E-state index contributed by atoms with van der Waals surface area (Å²) in [6, 6.07) is 0. The summed E-state index contributed by atoms with van der Waals surface area (Å²) < 4.78 is 1.27. The molecule has 0 heterocycles. The standard InChI is InChI=1S/C6H12I2/c1-4-6(3,8)5(2)7/h5H,4H2,1-3H3. The molecule has 0 aliphatic rings. The first-order chi connectivity index (χ1) is 3.50. The summed E-state index contributed by atoms with van der Waals surface area (Å²) in [5.74, 6) is 0. The topological polar surface area (TPSA) is 0 Å². The van der Waals surface area contributed by atoms with Gasteiger partial charge in [0, 0.05) is 7.35 Å². The Hall–Kier alpha value is 1.46. The van der Waals surface area contributed by atoms with Crippen LogP contribution in [0.2, 0.25) is 0 Å². The van der Waals surface area contributed by atoms with E-state index in [1.54, 1.807) is 0 Å². The summed E-state index contributed by atoms with van der Waals surface area (Å²) in [7, 11) is 0. The maximum atomic E-state index is 2.52. The number of rotatable bonds is 2. The van der Waals surface area contributed by atoms with Crippen molar-refractivity contribution in [3.05, 3.63) is 0 Å². The molecule has 0 aliphatic heterocycles. The molecule has 2 unspecified atom stereocenters. The zero-order valence-corrected chi connectivity index (χ0v) is 9.86. The first-order valence-electron chi connectivity index (χ1n) is 2.83. The van der Waals surface area contributed by atoms with Gasteiger partial charge in [-0.15, -0.1) is 0 Å². The molecule has 0 saturated heterocycles. The van der Waals surface area contributed by atoms with Gasteiger partial charge in [0.25, 0.3) is 0 Å². The van der Waals surface area contributed by atoms with Crippen LogP contribution < -0.4 is 0 Å². The largest absolute Gasteiger partial charge is 0.0815 e. The molecule has 0 nitrogen and oxygen atoms in total. The van der Waals surface area contributed by atoms with E-state index >= 15 is 0 Å². The summed E-state index contributed by atoms with van der Waals surface area (Å²) in [5.41, 5.74) is 0. The highest BCUT2D eigenvalue weighted by Crippen LogP contribution is 2.31. The molecule has 2 atom stereocenters. The zero-order chi connectivity index (χ0) is 6.78. The van der Waals surface area contributed by atoms with E-state index in [4.69, 9.17) is 0 Å². The third kappa shape index (κ3) is 2.85. The summed E-state index contributed by atoms with van der Waals surface area (Å²) in [5, 5.41) is 0. The summed E-state index contributed by atoms with van der Waals surface area (Å²) in [6.07, 6.45) is 1.26. The summed E-state index contributed by atoms with van der Waals surface area (Å²) >= 11 is 5.00. The highest BCUT2D eigenvalue weighted by atomic mass is 127. The van der Waals surface area contributed by atoms with Gasteiger partial charge >= 0.3 is 0 Å². The molecule has 0 bridgehead atoms.